The van der Waals surface area contributed by atoms with Crippen LogP contribution in [0.1, 0.15) is 5.56 Å². The average Bonchev–Trinajstić information content (AvgIpc) is 2.20. The van der Waals surface area contributed by atoms with Crippen molar-refractivity contribution in [3.8, 4) is 0 Å². The summed E-state index contributed by atoms with van der Waals surface area (Å²) in [5.41, 5.74) is 0.876. The molecule has 1 aromatic rings. The van der Waals surface area contributed by atoms with E-state index in [4.69, 9.17) is 21.6 Å². The first-order chi connectivity index (χ1) is 7.04. The zero-order valence-electron chi connectivity index (χ0n) is 8.11. The lowest BCUT2D eigenvalue weighted by Crippen LogP contribution is -2.29. The maximum atomic E-state index is 11.0. The van der Waals surface area contributed by atoms with Gasteiger partial charge in [-0.25, -0.2) is 0 Å². The van der Waals surface area contributed by atoms with Crippen molar-refractivity contribution in [2.24, 2.45) is 0 Å². The third-order valence-corrected chi connectivity index (χ3v) is 2.29. The second-order valence-corrected chi connectivity index (χ2v) is 3.38. The fourth-order valence-electron chi connectivity index (χ4n) is 1.10. The lowest BCUT2D eigenvalue weighted by atomic mass is 9.80. The molecule has 0 spiro atoms. The van der Waals surface area contributed by atoms with E-state index in [-0.39, 0.29) is 11.9 Å². The Balaban J connectivity index is 2.88. The molecule has 0 aromatic heterocycles. The van der Waals surface area contributed by atoms with Crippen molar-refractivity contribution in [1.29, 1.82) is 0 Å². The van der Waals surface area contributed by atoms with E-state index in [1.54, 1.807) is 6.07 Å². The van der Waals surface area contributed by atoms with Crippen molar-refractivity contribution in [3.63, 3.8) is 0 Å². The third kappa shape index (κ3) is 3.23. The molecule has 0 aliphatic rings. The first-order valence-corrected chi connectivity index (χ1v) is 4.63. The van der Waals surface area contributed by atoms with Crippen LogP contribution in [-0.2, 0) is 16.0 Å². The third-order valence-electron chi connectivity index (χ3n) is 1.94. The highest BCUT2D eigenvalue weighted by molar-refractivity contribution is 6.59. The minimum Gasteiger partial charge on any atom is -0.469 e. The van der Waals surface area contributed by atoms with E-state index >= 15 is 0 Å². The zero-order chi connectivity index (χ0) is 11.4. The van der Waals surface area contributed by atoms with E-state index in [9.17, 15) is 4.79 Å². The largest absolute Gasteiger partial charge is 0.488 e. The molecule has 15 heavy (non-hydrogen) atoms. The quantitative estimate of drug-likeness (QED) is 0.552. The van der Waals surface area contributed by atoms with Crippen molar-refractivity contribution < 1.29 is 19.6 Å². The van der Waals surface area contributed by atoms with Crippen LogP contribution in [-0.4, -0.2) is 30.2 Å². The molecule has 80 valence electrons. The number of carbonyl (C=O) groups excluding carboxylic acids is 1. The average molecular weight is 228 g/mol. The van der Waals surface area contributed by atoms with E-state index in [0.717, 1.165) is 0 Å². The highest BCUT2D eigenvalue weighted by atomic mass is 35.5. The van der Waals surface area contributed by atoms with Gasteiger partial charge in [0.15, 0.2) is 0 Å². The van der Waals surface area contributed by atoms with Crippen LogP contribution >= 0.6 is 11.6 Å². The Kier molecular flexibility index (Phi) is 4.14. The van der Waals surface area contributed by atoms with E-state index in [1.807, 2.05) is 0 Å². The van der Waals surface area contributed by atoms with Gasteiger partial charge in [-0.15, -0.1) is 0 Å². The Bertz CT molecular complexity index is 367. The molecule has 0 heterocycles. The smallest absolute Gasteiger partial charge is 0.469 e. The Morgan fingerprint density at radius 2 is 2.20 bits per heavy atom. The molecular weight excluding hydrogens is 218 g/mol. The number of hydrogen-bond donors (Lipinski definition) is 2. The van der Waals surface area contributed by atoms with Crippen LogP contribution in [0, 0.1) is 0 Å². The molecule has 0 fully saturated rings. The fourth-order valence-corrected chi connectivity index (χ4v) is 1.35. The molecule has 0 unspecified atom stereocenters. The molecule has 4 nitrogen and oxygen atoms in total. The van der Waals surface area contributed by atoms with Crippen LogP contribution in [0.15, 0.2) is 18.2 Å². The van der Waals surface area contributed by atoms with Gasteiger partial charge in [0.25, 0.3) is 0 Å². The molecule has 0 bridgehead atoms. The summed E-state index contributed by atoms with van der Waals surface area (Å²) in [5.74, 6) is -0.394. The lowest BCUT2D eigenvalue weighted by molar-refractivity contribution is -0.139. The minimum atomic E-state index is -1.56. The van der Waals surface area contributed by atoms with Crippen LogP contribution < -0.4 is 5.46 Å². The predicted molar refractivity (Wildman–Crippen MR) is 57.0 cm³/mol. The van der Waals surface area contributed by atoms with E-state index in [2.05, 4.69) is 4.74 Å². The van der Waals surface area contributed by atoms with Gasteiger partial charge in [-0.05, 0) is 17.1 Å². The molecule has 2 N–H and O–H groups in total. The second kappa shape index (κ2) is 5.16. The van der Waals surface area contributed by atoms with E-state index in [0.29, 0.717) is 10.6 Å². The molecule has 0 aliphatic heterocycles. The lowest BCUT2D eigenvalue weighted by Gasteiger charge is -2.05. The molecule has 6 heteroatoms. The van der Waals surface area contributed by atoms with Crippen molar-refractivity contribution in [2.45, 2.75) is 6.42 Å². The number of halogens is 1. The highest BCUT2D eigenvalue weighted by Crippen LogP contribution is 2.14. The molecule has 1 aromatic carbocycles. The van der Waals surface area contributed by atoms with Crippen LogP contribution in [0.5, 0.6) is 0 Å². The Morgan fingerprint density at radius 3 is 2.67 bits per heavy atom. The van der Waals surface area contributed by atoms with E-state index in [1.165, 1.54) is 19.2 Å². The Morgan fingerprint density at radius 1 is 1.53 bits per heavy atom. The number of rotatable bonds is 3. The first kappa shape index (κ1) is 12.0. The summed E-state index contributed by atoms with van der Waals surface area (Å²) >= 11 is 5.84. The van der Waals surface area contributed by atoms with Crippen LogP contribution in [0.3, 0.4) is 0 Å². The van der Waals surface area contributed by atoms with Crippen LogP contribution in [0.2, 0.25) is 5.02 Å². The molecular formula is C9H10BClO4. The second-order valence-electron chi connectivity index (χ2n) is 2.98. The van der Waals surface area contributed by atoms with Crippen molar-refractivity contribution in [3.05, 3.63) is 28.8 Å². The number of methoxy groups -OCH3 is 1. The normalized spacial score (nSPS) is 9.87. The number of hydrogen-bond acceptors (Lipinski definition) is 4. The summed E-state index contributed by atoms with van der Waals surface area (Å²) in [6.45, 7) is 0. The van der Waals surface area contributed by atoms with Crippen molar-refractivity contribution in [1.82, 2.24) is 0 Å². The van der Waals surface area contributed by atoms with E-state index < -0.39 is 13.1 Å². The van der Waals surface area contributed by atoms with Gasteiger partial charge in [-0.2, -0.15) is 0 Å². The molecule has 1 rings (SSSR count). The van der Waals surface area contributed by atoms with Crippen molar-refractivity contribution in [2.75, 3.05) is 7.11 Å². The van der Waals surface area contributed by atoms with Gasteiger partial charge >= 0.3 is 13.1 Å². The fraction of sp³-hybridized carbons (Fsp3) is 0.222. The summed E-state index contributed by atoms with van der Waals surface area (Å²) in [6, 6.07) is 4.47. The van der Waals surface area contributed by atoms with Gasteiger partial charge in [-0.3, -0.25) is 4.79 Å². The first-order valence-electron chi connectivity index (χ1n) is 4.26. The standard InChI is InChI=1S/C9H10BClO4/c1-15-9(12)4-6-2-3-7(10(13)14)5-8(6)11/h2-3,5,13-14H,4H2,1H3. The number of esters is 1. The summed E-state index contributed by atoms with van der Waals surface area (Å²) in [6.07, 6.45) is 0.0666. The molecule has 0 saturated carbocycles. The van der Waals surface area contributed by atoms with Crippen molar-refractivity contribution >= 4 is 30.2 Å². The Hall–Kier alpha value is -1.04. The molecule has 0 aliphatic carbocycles. The maximum Gasteiger partial charge on any atom is 0.488 e. The van der Waals surface area contributed by atoms with Gasteiger partial charge in [0.05, 0.1) is 13.5 Å². The van der Waals surface area contributed by atoms with Crippen LogP contribution in [0.25, 0.3) is 0 Å². The summed E-state index contributed by atoms with van der Waals surface area (Å²) in [5, 5.41) is 18.1. The van der Waals surface area contributed by atoms with Gasteiger partial charge in [0, 0.05) is 5.02 Å². The van der Waals surface area contributed by atoms with Gasteiger partial charge in [-0.1, -0.05) is 23.7 Å². The maximum absolute atomic E-state index is 11.0. The molecule has 0 amide bonds. The molecule has 0 radical (unpaired) electrons. The van der Waals surface area contributed by atoms with Crippen LogP contribution in [0.4, 0.5) is 0 Å². The monoisotopic (exact) mass is 228 g/mol. The SMILES string of the molecule is COC(=O)Cc1ccc(B(O)O)cc1Cl. The minimum absolute atomic E-state index is 0.0666. The number of ether oxygens (including phenoxy) is 1. The Labute approximate surface area is 92.6 Å². The highest BCUT2D eigenvalue weighted by Gasteiger charge is 2.14. The predicted octanol–water partition coefficient (Wildman–Crippen LogP) is -0.265. The number of carbonyl (C=O) groups is 1. The topological polar surface area (TPSA) is 66.8 Å². The summed E-state index contributed by atoms with van der Waals surface area (Å²) in [4.78, 5) is 11.0. The van der Waals surface area contributed by atoms with Gasteiger partial charge in [0.2, 0.25) is 0 Å². The molecule has 0 saturated heterocycles. The van der Waals surface area contributed by atoms with Gasteiger partial charge < -0.3 is 14.8 Å². The number of benzene rings is 1. The van der Waals surface area contributed by atoms with Gasteiger partial charge in [0.1, 0.15) is 0 Å². The summed E-state index contributed by atoms with van der Waals surface area (Å²) < 4.78 is 4.49. The summed E-state index contributed by atoms with van der Waals surface area (Å²) in [7, 11) is -0.267. The zero-order valence-corrected chi connectivity index (χ0v) is 8.86. The molecule has 0 atom stereocenters.